The highest BCUT2D eigenvalue weighted by Gasteiger charge is 2.34. The van der Waals surface area contributed by atoms with Crippen molar-refractivity contribution in [2.45, 2.75) is 18.9 Å². The lowest BCUT2D eigenvalue weighted by Gasteiger charge is -2.26. The van der Waals surface area contributed by atoms with Gasteiger partial charge in [0.2, 0.25) is 0 Å². The molecule has 2 heteroatoms. The van der Waals surface area contributed by atoms with Crippen molar-refractivity contribution in [1.29, 1.82) is 0 Å². The second-order valence-corrected chi connectivity index (χ2v) is 4.15. The third-order valence-corrected chi connectivity index (χ3v) is 3.22. The molecule has 1 saturated heterocycles. The van der Waals surface area contributed by atoms with Crippen LogP contribution in [0, 0.1) is 5.92 Å². The van der Waals surface area contributed by atoms with Crippen LogP contribution < -0.4 is 5.73 Å². The number of fused-ring (bicyclic) bond motifs is 3. The SMILES string of the molecule is NC1=CN2C3=CC=CCC3CC2C=C1. The predicted octanol–water partition coefficient (Wildman–Crippen LogP) is 1.89. The fourth-order valence-corrected chi connectivity index (χ4v) is 2.54. The number of nitrogens with zero attached hydrogens (tertiary/aromatic N) is 1. The monoisotopic (exact) mass is 186 g/mol. The zero-order chi connectivity index (χ0) is 9.54. The minimum absolute atomic E-state index is 0.540. The molecule has 0 amide bonds. The molecule has 2 atom stereocenters. The van der Waals surface area contributed by atoms with Crippen LogP contribution in [0.5, 0.6) is 0 Å². The molecule has 1 aliphatic carbocycles. The fourth-order valence-electron chi connectivity index (χ4n) is 2.54. The molecule has 0 spiro atoms. The Balaban J connectivity index is 1.99. The van der Waals surface area contributed by atoms with Crippen LogP contribution in [0.2, 0.25) is 0 Å². The van der Waals surface area contributed by atoms with E-state index < -0.39 is 0 Å². The maximum atomic E-state index is 5.80. The van der Waals surface area contributed by atoms with Crippen molar-refractivity contribution in [3.05, 3.63) is 48.0 Å². The van der Waals surface area contributed by atoms with Crippen LogP contribution in [0.3, 0.4) is 0 Å². The highest BCUT2D eigenvalue weighted by molar-refractivity contribution is 5.34. The Morgan fingerprint density at radius 3 is 3.29 bits per heavy atom. The van der Waals surface area contributed by atoms with Gasteiger partial charge in [-0.3, -0.25) is 0 Å². The van der Waals surface area contributed by atoms with Crippen molar-refractivity contribution in [3.8, 4) is 0 Å². The zero-order valence-corrected chi connectivity index (χ0v) is 8.06. The molecular formula is C12H14N2. The molecule has 0 aromatic carbocycles. The normalized spacial score (nSPS) is 33.6. The van der Waals surface area contributed by atoms with E-state index in [2.05, 4.69) is 35.4 Å². The van der Waals surface area contributed by atoms with E-state index in [1.165, 1.54) is 18.5 Å². The fraction of sp³-hybridized carbons (Fsp3) is 0.333. The van der Waals surface area contributed by atoms with Crippen molar-refractivity contribution in [1.82, 2.24) is 4.90 Å². The van der Waals surface area contributed by atoms with Gasteiger partial charge in [-0.25, -0.2) is 0 Å². The molecule has 0 aromatic heterocycles. The Morgan fingerprint density at radius 1 is 1.43 bits per heavy atom. The van der Waals surface area contributed by atoms with Gasteiger partial charge in [-0.2, -0.15) is 0 Å². The van der Waals surface area contributed by atoms with E-state index in [1.54, 1.807) is 0 Å². The number of hydrogen-bond acceptors (Lipinski definition) is 2. The smallest absolute Gasteiger partial charge is 0.0524 e. The van der Waals surface area contributed by atoms with Crippen LogP contribution in [-0.4, -0.2) is 10.9 Å². The topological polar surface area (TPSA) is 29.3 Å². The van der Waals surface area contributed by atoms with Gasteiger partial charge in [0.05, 0.1) is 6.04 Å². The van der Waals surface area contributed by atoms with E-state index in [4.69, 9.17) is 5.73 Å². The summed E-state index contributed by atoms with van der Waals surface area (Å²) in [5, 5.41) is 0. The Hall–Kier alpha value is -1.44. The first-order valence-electron chi connectivity index (χ1n) is 5.15. The Labute approximate surface area is 84.1 Å². The van der Waals surface area contributed by atoms with E-state index in [-0.39, 0.29) is 0 Å². The number of allylic oxidation sites excluding steroid dienone is 5. The molecule has 0 bridgehead atoms. The molecule has 72 valence electrons. The van der Waals surface area contributed by atoms with E-state index in [9.17, 15) is 0 Å². The molecule has 2 aliphatic heterocycles. The van der Waals surface area contributed by atoms with Crippen LogP contribution in [0.25, 0.3) is 0 Å². The van der Waals surface area contributed by atoms with Crippen LogP contribution >= 0.6 is 0 Å². The molecule has 0 aromatic rings. The molecule has 3 rings (SSSR count). The van der Waals surface area contributed by atoms with Crippen molar-refractivity contribution in [3.63, 3.8) is 0 Å². The van der Waals surface area contributed by atoms with Crippen LogP contribution in [-0.2, 0) is 0 Å². The second-order valence-electron chi connectivity index (χ2n) is 4.15. The quantitative estimate of drug-likeness (QED) is 0.626. The van der Waals surface area contributed by atoms with Crippen LogP contribution in [0.15, 0.2) is 48.0 Å². The highest BCUT2D eigenvalue weighted by Crippen LogP contribution is 2.39. The zero-order valence-electron chi connectivity index (χ0n) is 8.06. The molecule has 2 unspecified atom stereocenters. The average Bonchev–Trinajstić information content (AvgIpc) is 2.56. The van der Waals surface area contributed by atoms with Crippen LogP contribution in [0.1, 0.15) is 12.8 Å². The number of nitrogens with two attached hydrogens (primary N) is 1. The third kappa shape index (κ3) is 1.03. The first-order chi connectivity index (χ1) is 6.84. The molecule has 2 N–H and O–H groups in total. The van der Waals surface area contributed by atoms with Gasteiger partial charge in [0.15, 0.2) is 0 Å². The average molecular weight is 186 g/mol. The molecule has 0 radical (unpaired) electrons. The Morgan fingerprint density at radius 2 is 2.36 bits per heavy atom. The largest absolute Gasteiger partial charge is 0.398 e. The predicted molar refractivity (Wildman–Crippen MR) is 57.0 cm³/mol. The summed E-state index contributed by atoms with van der Waals surface area (Å²) >= 11 is 0. The van der Waals surface area contributed by atoms with E-state index >= 15 is 0 Å². The van der Waals surface area contributed by atoms with Crippen molar-refractivity contribution in [2.75, 3.05) is 0 Å². The lowest BCUT2D eigenvalue weighted by molar-refractivity contribution is 0.443. The van der Waals surface area contributed by atoms with Gasteiger partial charge in [-0.15, -0.1) is 0 Å². The van der Waals surface area contributed by atoms with Crippen molar-refractivity contribution >= 4 is 0 Å². The summed E-state index contributed by atoms with van der Waals surface area (Å²) in [4.78, 5) is 2.32. The summed E-state index contributed by atoms with van der Waals surface area (Å²) in [6.45, 7) is 0. The second kappa shape index (κ2) is 2.77. The molecule has 2 heterocycles. The van der Waals surface area contributed by atoms with E-state index in [0.29, 0.717) is 12.0 Å². The minimum atomic E-state index is 0.540. The lowest BCUT2D eigenvalue weighted by Crippen LogP contribution is -2.25. The summed E-state index contributed by atoms with van der Waals surface area (Å²) in [6.07, 6.45) is 15.3. The van der Waals surface area contributed by atoms with Gasteiger partial charge in [-0.05, 0) is 25.0 Å². The summed E-state index contributed by atoms with van der Waals surface area (Å²) in [5.74, 6) is 0.705. The van der Waals surface area contributed by atoms with E-state index in [0.717, 1.165) is 5.70 Å². The van der Waals surface area contributed by atoms with Crippen molar-refractivity contribution in [2.24, 2.45) is 11.7 Å². The van der Waals surface area contributed by atoms with Crippen molar-refractivity contribution < 1.29 is 0 Å². The number of hydrogen-bond donors (Lipinski definition) is 1. The molecular weight excluding hydrogens is 172 g/mol. The first-order valence-corrected chi connectivity index (χ1v) is 5.15. The van der Waals surface area contributed by atoms with Gasteiger partial charge in [0.25, 0.3) is 0 Å². The Bertz CT molecular complexity index is 374. The summed E-state index contributed by atoms with van der Waals surface area (Å²) in [6, 6.07) is 0.540. The number of rotatable bonds is 0. The van der Waals surface area contributed by atoms with Gasteiger partial charge in [0.1, 0.15) is 0 Å². The molecule has 0 saturated carbocycles. The molecule has 1 fully saturated rings. The van der Waals surface area contributed by atoms with Gasteiger partial charge in [0, 0.05) is 23.5 Å². The maximum Gasteiger partial charge on any atom is 0.0524 e. The van der Waals surface area contributed by atoms with Gasteiger partial charge < -0.3 is 10.6 Å². The Kier molecular flexibility index (Phi) is 1.57. The maximum absolute atomic E-state index is 5.80. The molecule has 14 heavy (non-hydrogen) atoms. The summed E-state index contributed by atoms with van der Waals surface area (Å²) in [7, 11) is 0. The molecule has 2 nitrogen and oxygen atoms in total. The van der Waals surface area contributed by atoms with Gasteiger partial charge in [-0.1, -0.05) is 18.2 Å². The minimum Gasteiger partial charge on any atom is -0.398 e. The third-order valence-electron chi connectivity index (χ3n) is 3.22. The van der Waals surface area contributed by atoms with Gasteiger partial charge >= 0.3 is 0 Å². The lowest BCUT2D eigenvalue weighted by atomic mass is 9.95. The molecule has 3 aliphatic rings. The standard InChI is InChI=1S/C12H14N2/c13-10-5-6-11-7-9-3-1-2-4-12(9)14(11)8-10/h1-2,4-6,8-9,11H,3,7,13H2. The summed E-state index contributed by atoms with van der Waals surface area (Å²) in [5.41, 5.74) is 8.09. The van der Waals surface area contributed by atoms with Crippen LogP contribution in [0.4, 0.5) is 0 Å². The first kappa shape index (κ1) is 7.92. The summed E-state index contributed by atoms with van der Waals surface area (Å²) < 4.78 is 0. The van der Waals surface area contributed by atoms with E-state index in [1.807, 2.05) is 6.08 Å². The highest BCUT2D eigenvalue weighted by atomic mass is 15.2.